The van der Waals surface area contributed by atoms with E-state index in [1.54, 1.807) is 24.3 Å². The molecule has 30 heavy (non-hydrogen) atoms. The summed E-state index contributed by atoms with van der Waals surface area (Å²) >= 11 is 12.1. The highest BCUT2D eigenvalue weighted by Crippen LogP contribution is 2.36. The van der Waals surface area contributed by atoms with Crippen LogP contribution in [0, 0.1) is 5.82 Å². The molecule has 3 aromatic carbocycles. The van der Waals surface area contributed by atoms with Crippen molar-refractivity contribution in [1.29, 1.82) is 0 Å². The van der Waals surface area contributed by atoms with Gasteiger partial charge in [0.25, 0.3) is 0 Å². The van der Waals surface area contributed by atoms with E-state index in [4.69, 9.17) is 27.6 Å². The zero-order valence-corrected chi connectivity index (χ0v) is 17.5. The Morgan fingerprint density at radius 1 is 0.900 bits per heavy atom. The van der Waals surface area contributed by atoms with Gasteiger partial charge in [-0.15, -0.1) is 0 Å². The van der Waals surface area contributed by atoms with E-state index in [0.717, 1.165) is 0 Å². The van der Waals surface area contributed by atoms with Crippen LogP contribution in [0.3, 0.4) is 0 Å². The molecule has 1 aromatic heterocycles. The number of nitrogens with one attached hydrogen (secondary N) is 1. The molecular formula is C21H13Cl2FN2O3S. The number of halogens is 3. The van der Waals surface area contributed by atoms with Gasteiger partial charge in [-0.3, -0.25) is 0 Å². The van der Waals surface area contributed by atoms with Crippen LogP contribution in [-0.2, 0) is 9.84 Å². The third-order valence-electron chi connectivity index (χ3n) is 4.18. The molecule has 0 aliphatic rings. The van der Waals surface area contributed by atoms with Crippen molar-refractivity contribution >= 4 is 44.6 Å². The Morgan fingerprint density at radius 3 is 2.23 bits per heavy atom. The number of sulfone groups is 1. The minimum atomic E-state index is -4.06. The third-order valence-corrected chi connectivity index (χ3v) is 6.44. The number of aromatic nitrogens is 1. The summed E-state index contributed by atoms with van der Waals surface area (Å²) in [7, 11) is -4.06. The number of oxazole rings is 1. The van der Waals surface area contributed by atoms with Crippen LogP contribution < -0.4 is 5.32 Å². The number of benzene rings is 3. The highest BCUT2D eigenvalue weighted by Gasteiger charge is 2.29. The summed E-state index contributed by atoms with van der Waals surface area (Å²) in [6.45, 7) is 0. The number of rotatable bonds is 5. The molecule has 0 amide bonds. The monoisotopic (exact) mass is 462 g/mol. The van der Waals surface area contributed by atoms with Crippen LogP contribution in [0.1, 0.15) is 0 Å². The maximum Gasteiger partial charge on any atom is 0.238 e. The van der Waals surface area contributed by atoms with Crippen LogP contribution in [0.15, 0.2) is 87.1 Å². The van der Waals surface area contributed by atoms with Gasteiger partial charge in [0.05, 0.1) is 15.5 Å². The summed E-state index contributed by atoms with van der Waals surface area (Å²) in [4.78, 5) is 4.21. The second-order valence-corrected chi connectivity index (χ2v) is 8.93. The van der Waals surface area contributed by atoms with Crippen molar-refractivity contribution in [3.8, 4) is 11.5 Å². The molecule has 0 radical (unpaired) electrons. The van der Waals surface area contributed by atoms with E-state index in [0.29, 0.717) is 21.3 Å². The van der Waals surface area contributed by atoms with Crippen molar-refractivity contribution in [3.63, 3.8) is 0 Å². The molecular weight excluding hydrogens is 450 g/mol. The zero-order chi connectivity index (χ0) is 21.3. The summed E-state index contributed by atoms with van der Waals surface area (Å²) in [6.07, 6.45) is 0. The highest BCUT2D eigenvalue weighted by atomic mass is 35.5. The molecule has 1 N–H and O–H groups in total. The first kappa shape index (κ1) is 20.4. The quantitative estimate of drug-likeness (QED) is 0.373. The van der Waals surface area contributed by atoms with Gasteiger partial charge in [-0.05, 0) is 60.7 Å². The van der Waals surface area contributed by atoms with Gasteiger partial charge in [-0.25, -0.2) is 12.8 Å². The van der Waals surface area contributed by atoms with Crippen molar-refractivity contribution in [2.24, 2.45) is 0 Å². The molecule has 0 saturated carbocycles. The molecule has 0 fully saturated rings. The first-order chi connectivity index (χ1) is 14.3. The second kappa shape index (κ2) is 8.10. The molecule has 0 spiro atoms. The summed E-state index contributed by atoms with van der Waals surface area (Å²) in [6, 6.07) is 17.8. The predicted molar refractivity (Wildman–Crippen MR) is 114 cm³/mol. The summed E-state index contributed by atoms with van der Waals surface area (Å²) < 4.78 is 45.5. The molecule has 152 valence electrons. The van der Waals surface area contributed by atoms with E-state index >= 15 is 0 Å². The normalized spacial score (nSPS) is 11.4. The Balaban J connectivity index is 1.85. The van der Waals surface area contributed by atoms with Gasteiger partial charge in [-0.2, -0.15) is 4.98 Å². The van der Waals surface area contributed by atoms with E-state index in [2.05, 4.69) is 10.3 Å². The maximum absolute atomic E-state index is 13.2. The molecule has 4 rings (SSSR count). The van der Waals surface area contributed by atoms with Crippen molar-refractivity contribution in [1.82, 2.24) is 4.98 Å². The largest absolute Gasteiger partial charge is 0.419 e. The molecule has 4 aromatic rings. The van der Waals surface area contributed by atoms with Crippen molar-refractivity contribution in [2.75, 3.05) is 5.32 Å². The smallest absolute Gasteiger partial charge is 0.238 e. The Morgan fingerprint density at radius 2 is 1.57 bits per heavy atom. The summed E-state index contributed by atoms with van der Waals surface area (Å²) in [5.74, 6) is -0.520. The maximum atomic E-state index is 13.2. The van der Waals surface area contributed by atoms with E-state index in [-0.39, 0.29) is 21.7 Å². The van der Waals surface area contributed by atoms with Gasteiger partial charge >= 0.3 is 0 Å². The van der Waals surface area contributed by atoms with Gasteiger partial charge in [-0.1, -0.05) is 35.3 Å². The Bertz CT molecular complexity index is 1310. The molecule has 9 heteroatoms. The van der Waals surface area contributed by atoms with Gasteiger partial charge in [0, 0.05) is 10.7 Å². The Hall–Kier alpha value is -2.87. The lowest BCUT2D eigenvalue weighted by Crippen LogP contribution is -2.05. The van der Waals surface area contributed by atoms with Crippen LogP contribution in [0.4, 0.5) is 16.0 Å². The summed E-state index contributed by atoms with van der Waals surface area (Å²) in [5.41, 5.74) is 0.852. The zero-order valence-electron chi connectivity index (χ0n) is 15.1. The van der Waals surface area contributed by atoms with Crippen LogP contribution in [-0.4, -0.2) is 13.4 Å². The third kappa shape index (κ3) is 4.05. The van der Waals surface area contributed by atoms with Crippen LogP contribution >= 0.6 is 23.2 Å². The average Bonchev–Trinajstić information content (AvgIpc) is 3.15. The standard InChI is InChI=1S/C21H13Cl2FN2O3S/c22-13-5-11-16(12-6-13)30(27,28)21-20(25-15-9-7-14(24)8-10-15)29-19(26-21)17-3-1-2-4-18(17)23/h1-12,25H. The second-order valence-electron chi connectivity index (χ2n) is 6.22. The van der Waals surface area contributed by atoms with Gasteiger partial charge in [0.2, 0.25) is 26.6 Å². The lowest BCUT2D eigenvalue weighted by molar-refractivity contribution is 0.581. The number of hydrogen-bond acceptors (Lipinski definition) is 5. The van der Waals surface area contributed by atoms with E-state index in [1.165, 1.54) is 48.5 Å². The van der Waals surface area contributed by atoms with E-state index < -0.39 is 15.7 Å². The topological polar surface area (TPSA) is 72.2 Å². The molecule has 0 aliphatic heterocycles. The molecule has 0 atom stereocenters. The minimum absolute atomic E-state index is 0.00642. The van der Waals surface area contributed by atoms with E-state index in [9.17, 15) is 12.8 Å². The fourth-order valence-electron chi connectivity index (χ4n) is 2.71. The first-order valence-electron chi connectivity index (χ1n) is 8.63. The van der Waals surface area contributed by atoms with Crippen LogP contribution in [0.2, 0.25) is 10.0 Å². The predicted octanol–water partition coefficient (Wildman–Crippen LogP) is 6.36. The number of hydrogen-bond donors (Lipinski definition) is 1. The van der Waals surface area contributed by atoms with Crippen molar-refractivity contribution in [3.05, 3.63) is 88.7 Å². The molecule has 0 unspecified atom stereocenters. The molecule has 0 saturated heterocycles. The SMILES string of the molecule is O=S(=O)(c1ccc(Cl)cc1)c1nc(-c2ccccc2Cl)oc1Nc1ccc(F)cc1. The summed E-state index contributed by atoms with van der Waals surface area (Å²) in [5, 5.41) is 3.27. The van der Waals surface area contributed by atoms with E-state index in [1.807, 2.05) is 0 Å². The van der Waals surface area contributed by atoms with Gasteiger partial charge in [0.1, 0.15) is 5.82 Å². The van der Waals surface area contributed by atoms with Crippen molar-refractivity contribution < 1.29 is 17.2 Å². The Kier molecular flexibility index (Phi) is 5.51. The molecule has 5 nitrogen and oxygen atoms in total. The fourth-order valence-corrected chi connectivity index (χ4v) is 4.31. The fraction of sp³-hybridized carbons (Fsp3) is 0. The highest BCUT2D eigenvalue weighted by molar-refractivity contribution is 7.91. The lowest BCUT2D eigenvalue weighted by atomic mass is 10.2. The number of nitrogens with zero attached hydrogens (tertiary/aromatic N) is 1. The van der Waals surface area contributed by atoms with Crippen LogP contribution in [0.25, 0.3) is 11.5 Å². The van der Waals surface area contributed by atoms with Gasteiger partial charge in [0.15, 0.2) is 0 Å². The van der Waals surface area contributed by atoms with Crippen molar-refractivity contribution in [2.45, 2.75) is 9.92 Å². The average molecular weight is 463 g/mol. The van der Waals surface area contributed by atoms with Gasteiger partial charge < -0.3 is 9.73 Å². The molecule has 0 aliphatic carbocycles. The minimum Gasteiger partial charge on any atom is -0.419 e. The number of anilines is 2. The Labute approximate surface area is 182 Å². The first-order valence-corrected chi connectivity index (χ1v) is 10.9. The molecule has 0 bridgehead atoms. The molecule has 1 heterocycles. The van der Waals surface area contributed by atoms with Crippen LogP contribution in [0.5, 0.6) is 0 Å². The lowest BCUT2D eigenvalue weighted by Gasteiger charge is -2.06.